The van der Waals surface area contributed by atoms with Crippen molar-refractivity contribution in [1.82, 2.24) is 0 Å². The Morgan fingerprint density at radius 1 is 0.733 bits per heavy atom. The van der Waals surface area contributed by atoms with Crippen LogP contribution >= 0.6 is 0 Å². The van der Waals surface area contributed by atoms with Crippen LogP contribution in [0.3, 0.4) is 0 Å². The summed E-state index contributed by atoms with van der Waals surface area (Å²) in [5.74, 6) is 1.21. The summed E-state index contributed by atoms with van der Waals surface area (Å²) in [4.78, 5) is 10.0. The monoisotopic (exact) mass is 202 g/mol. The summed E-state index contributed by atoms with van der Waals surface area (Å²) in [5.41, 5.74) is 0. The van der Waals surface area contributed by atoms with Crippen molar-refractivity contribution in [2.75, 3.05) is 0 Å². The van der Waals surface area contributed by atoms with Gasteiger partial charge in [0, 0.05) is 6.07 Å². The van der Waals surface area contributed by atoms with E-state index in [9.17, 15) is 5.11 Å². The SMILES string of the molecule is Oc1cccc(OOc2ccccc2)c1. The van der Waals surface area contributed by atoms with E-state index in [0.29, 0.717) is 11.5 Å². The van der Waals surface area contributed by atoms with Crippen molar-refractivity contribution in [3.63, 3.8) is 0 Å². The average molecular weight is 202 g/mol. The van der Waals surface area contributed by atoms with Crippen LogP contribution in [0.4, 0.5) is 0 Å². The van der Waals surface area contributed by atoms with E-state index in [1.165, 1.54) is 6.07 Å². The van der Waals surface area contributed by atoms with Gasteiger partial charge in [0.25, 0.3) is 0 Å². The van der Waals surface area contributed by atoms with E-state index >= 15 is 0 Å². The van der Waals surface area contributed by atoms with Crippen molar-refractivity contribution in [3.8, 4) is 17.2 Å². The fourth-order valence-corrected chi connectivity index (χ4v) is 1.11. The molecule has 1 N–H and O–H groups in total. The Kier molecular flexibility index (Phi) is 2.74. The van der Waals surface area contributed by atoms with Crippen LogP contribution in [0.5, 0.6) is 17.2 Å². The maximum absolute atomic E-state index is 9.17. The molecule has 0 aromatic heterocycles. The van der Waals surface area contributed by atoms with E-state index in [-0.39, 0.29) is 5.75 Å². The van der Waals surface area contributed by atoms with E-state index in [1.54, 1.807) is 30.3 Å². The normalized spacial score (nSPS) is 9.60. The third-order valence-corrected chi connectivity index (χ3v) is 1.79. The van der Waals surface area contributed by atoms with Gasteiger partial charge in [-0.25, -0.2) is 0 Å². The van der Waals surface area contributed by atoms with Gasteiger partial charge in [0.15, 0.2) is 11.5 Å². The molecule has 0 atom stereocenters. The highest BCUT2D eigenvalue weighted by Gasteiger charge is 1.97. The summed E-state index contributed by atoms with van der Waals surface area (Å²) >= 11 is 0. The van der Waals surface area contributed by atoms with E-state index < -0.39 is 0 Å². The van der Waals surface area contributed by atoms with Gasteiger partial charge in [0.05, 0.1) is 0 Å². The van der Waals surface area contributed by atoms with E-state index in [1.807, 2.05) is 18.2 Å². The molecule has 0 aliphatic carbocycles. The second kappa shape index (κ2) is 4.37. The topological polar surface area (TPSA) is 38.7 Å². The molecule has 0 fully saturated rings. The lowest BCUT2D eigenvalue weighted by molar-refractivity contribution is -0.100. The molecule has 0 aliphatic rings. The molecular weight excluding hydrogens is 192 g/mol. The van der Waals surface area contributed by atoms with Crippen LogP contribution in [0.15, 0.2) is 54.6 Å². The van der Waals surface area contributed by atoms with Gasteiger partial charge in [0.1, 0.15) is 5.75 Å². The molecule has 15 heavy (non-hydrogen) atoms. The van der Waals surface area contributed by atoms with Gasteiger partial charge >= 0.3 is 0 Å². The molecule has 0 heterocycles. The lowest BCUT2D eigenvalue weighted by atomic mass is 10.3. The summed E-state index contributed by atoms with van der Waals surface area (Å²) < 4.78 is 0. The van der Waals surface area contributed by atoms with Gasteiger partial charge < -0.3 is 5.11 Å². The third kappa shape index (κ3) is 2.64. The molecule has 76 valence electrons. The number of hydrogen-bond donors (Lipinski definition) is 1. The summed E-state index contributed by atoms with van der Waals surface area (Å²) in [7, 11) is 0. The maximum Gasteiger partial charge on any atom is 0.182 e. The molecule has 3 heteroatoms. The first kappa shape index (κ1) is 9.40. The summed E-state index contributed by atoms with van der Waals surface area (Å²) in [6.07, 6.45) is 0. The zero-order chi connectivity index (χ0) is 10.5. The van der Waals surface area contributed by atoms with Gasteiger partial charge in [0.2, 0.25) is 0 Å². The van der Waals surface area contributed by atoms with Gasteiger partial charge in [-0.15, -0.1) is 0 Å². The predicted octanol–water partition coefficient (Wildman–Crippen LogP) is 2.77. The highest BCUT2D eigenvalue weighted by atomic mass is 17.2. The van der Waals surface area contributed by atoms with Crippen molar-refractivity contribution >= 4 is 0 Å². The van der Waals surface area contributed by atoms with Crippen LogP contribution in [0.25, 0.3) is 0 Å². The summed E-state index contributed by atoms with van der Waals surface area (Å²) in [6, 6.07) is 15.6. The minimum absolute atomic E-state index is 0.143. The Morgan fingerprint density at radius 3 is 2.13 bits per heavy atom. The lowest BCUT2D eigenvalue weighted by Gasteiger charge is -2.05. The quantitative estimate of drug-likeness (QED) is 0.614. The van der Waals surface area contributed by atoms with Gasteiger partial charge in [-0.2, -0.15) is 0 Å². The fraction of sp³-hybridized carbons (Fsp3) is 0. The number of rotatable bonds is 3. The first-order valence-electron chi connectivity index (χ1n) is 4.53. The summed E-state index contributed by atoms with van der Waals surface area (Å²) in [6.45, 7) is 0. The highest BCUT2D eigenvalue weighted by Crippen LogP contribution is 2.19. The zero-order valence-corrected chi connectivity index (χ0v) is 7.96. The fourth-order valence-electron chi connectivity index (χ4n) is 1.11. The number of hydrogen-bond acceptors (Lipinski definition) is 3. The molecule has 0 saturated carbocycles. The molecule has 0 unspecified atom stereocenters. The second-order valence-corrected chi connectivity index (χ2v) is 2.98. The van der Waals surface area contributed by atoms with Crippen LogP contribution in [-0.2, 0) is 0 Å². The van der Waals surface area contributed by atoms with Crippen molar-refractivity contribution in [2.45, 2.75) is 0 Å². The first-order valence-corrected chi connectivity index (χ1v) is 4.53. The Labute approximate surface area is 87.4 Å². The van der Waals surface area contributed by atoms with Crippen molar-refractivity contribution < 1.29 is 14.9 Å². The second-order valence-electron chi connectivity index (χ2n) is 2.98. The predicted molar refractivity (Wildman–Crippen MR) is 55.8 cm³/mol. The Balaban J connectivity index is 1.99. The number of phenolic OH excluding ortho intramolecular Hbond substituents is 1. The minimum Gasteiger partial charge on any atom is -0.508 e. The molecule has 0 aliphatic heterocycles. The van der Waals surface area contributed by atoms with Crippen molar-refractivity contribution in [3.05, 3.63) is 54.6 Å². The molecule has 2 rings (SSSR count). The van der Waals surface area contributed by atoms with Gasteiger partial charge in [-0.3, -0.25) is 9.78 Å². The minimum atomic E-state index is 0.143. The van der Waals surface area contributed by atoms with Crippen LogP contribution in [0, 0.1) is 0 Å². The number of aromatic hydroxyl groups is 1. The molecule has 3 nitrogen and oxygen atoms in total. The van der Waals surface area contributed by atoms with E-state index in [0.717, 1.165) is 0 Å². The standard InChI is InChI=1S/C12H10O3/c13-10-5-4-8-12(9-10)15-14-11-6-2-1-3-7-11/h1-9,13H. The molecule has 0 saturated heterocycles. The maximum atomic E-state index is 9.17. The zero-order valence-electron chi connectivity index (χ0n) is 7.96. The van der Waals surface area contributed by atoms with Crippen LogP contribution < -0.4 is 9.78 Å². The van der Waals surface area contributed by atoms with Gasteiger partial charge in [-0.05, 0) is 24.3 Å². The van der Waals surface area contributed by atoms with Crippen LogP contribution in [0.1, 0.15) is 0 Å². The Bertz CT molecular complexity index is 426. The third-order valence-electron chi connectivity index (χ3n) is 1.79. The van der Waals surface area contributed by atoms with Crippen molar-refractivity contribution in [2.24, 2.45) is 0 Å². The number of benzene rings is 2. The number of para-hydroxylation sites is 1. The van der Waals surface area contributed by atoms with Crippen LogP contribution in [-0.4, -0.2) is 5.11 Å². The molecule has 0 amide bonds. The molecule has 2 aromatic carbocycles. The Morgan fingerprint density at radius 2 is 1.40 bits per heavy atom. The van der Waals surface area contributed by atoms with E-state index in [4.69, 9.17) is 9.78 Å². The van der Waals surface area contributed by atoms with Crippen molar-refractivity contribution in [1.29, 1.82) is 0 Å². The van der Waals surface area contributed by atoms with Crippen LogP contribution in [0.2, 0.25) is 0 Å². The largest absolute Gasteiger partial charge is 0.508 e. The smallest absolute Gasteiger partial charge is 0.182 e. The number of phenols is 1. The molecule has 2 aromatic rings. The molecule has 0 spiro atoms. The van der Waals surface area contributed by atoms with E-state index in [2.05, 4.69) is 0 Å². The summed E-state index contributed by atoms with van der Waals surface area (Å²) in [5, 5.41) is 9.17. The molecule has 0 radical (unpaired) electrons. The highest BCUT2D eigenvalue weighted by molar-refractivity contribution is 5.31. The van der Waals surface area contributed by atoms with Gasteiger partial charge in [-0.1, -0.05) is 24.3 Å². The average Bonchev–Trinajstić information content (AvgIpc) is 2.28. The first-order chi connectivity index (χ1) is 7.34. The Hall–Kier alpha value is -2.16. The lowest BCUT2D eigenvalue weighted by Crippen LogP contribution is -1.99. The molecule has 0 bridgehead atoms. The molecular formula is C12H10O3.